The smallest absolute Gasteiger partial charge is 0.0364 e. The Balaban J connectivity index is 0.00000106. The number of hydrogen-bond acceptors (Lipinski definition) is 2. The Morgan fingerprint density at radius 3 is 2.00 bits per heavy atom. The van der Waals surface area contributed by atoms with Crippen LogP contribution in [0.25, 0.3) is 0 Å². The van der Waals surface area contributed by atoms with E-state index in [1.54, 1.807) is 0 Å². The van der Waals surface area contributed by atoms with Crippen LogP contribution < -0.4 is 4.90 Å². The van der Waals surface area contributed by atoms with Gasteiger partial charge >= 0.3 is 0 Å². The summed E-state index contributed by atoms with van der Waals surface area (Å²) >= 11 is 4.56. The minimum Gasteiger partial charge on any atom is -0.378 e. The highest BCUT2D eigenvalue weighted by Crippen LogP contribution is 2.23. The number of nitrogens with zero attached hydrogens (tertiary/aromatic N) is 1. The van der Waals surface area contributed by atoms with E-state index in [9.17, 15) is 0 Å². The van der Waals surface area contributed by atoms with Gasteiger partial charge in [0.2, 0.25) is 0 Å². The lowest BCUT2D eigenvalue weighted by atomic mass is 10.0. The van der Waals surface area contributed by atoms with Crippen LogP contribution >= 0.6 is 12.6 Å². The molecular formula is C19H27NS. The zero-order valence-electron chi connectivity index (χ0n) is 13.9. The van der Waals surface area contributed by atoms with Gasteiger partial charge in [-0.15, -0.1) is 12.6 Å². The van der Waals surface area contributed by atoms with Gasteiger partial charge in [-0.3, -0.25) is 0 Å². The summed E-state index contributed by atoms with van der Waals surface area (Å²) in [5.41, 5.74) is 5.22. The Morgan fingerprint density at radius 2 is 1.48 bits per heavy atom. The summed E-state index contributed by atoms with van der Waals surface area (Å²) in [4.78, 5) is 3.18. The van der Waals surface area contributed by atoms with Gasteiger partial charge in [0.15, 0.2) is 0 Å². The molecule has 2 rings (SSSR count). The fraction of sp³-hybridized carbons (Fsp3) is 0.368. The molecule has 0 aliphatic heterocycles. The van der Waals surface area contributed by atoms with Gasteiger partial charge < -0.3 is 4.90 Å². The van der Waals surface area contributed by atoms with Gasteiger partial charge in [0.05, 0.1) is 0 Å². The van der Waals surface area contributed by atoms with Crippen LogP contribution in [0.5, 0.6) is 0 Å². The van der Waals surface area contributed by atoms with Crippen molar-refractivity contribution < 1.29 is 0 Å². The third-order valence-corrected chi connectivity index (χ3v) is 3.84. The topological polar surface area (TPSA) is 3.24 Å². The predicted molar refractivity (Wildman–Crippen MR) is 98.0 cm³/mol. The molecule has 0 aromatic heterocycles. The molecule has 0 aliphatic rings. The van der Waals surface area contributed by atoms with Gasteiger partial charge in [-0.05, 0) is 47.7 Å². The fourth-order valence-corrected chi connectivity index (χ4v) is 2.32. The van der Waals surface area contributed by atoms with Gasteiger partial charge in [-0.1, -0.05) is 45.0 Å². The lowest BCUT2D eigenvalue weighted by Crippen LogP contribution is -2.09. The van der Waals surface area contributed by atoms with Gasteiger partial charge in [0.25, 0.3) is 0 Å². The minimum atomic E-state index is 0.935. The molecule has 1 nitrogen and oxygen atoms in total. The van der Waals surface area contributed by atoms with Crippen LogP contribution in [0, 0.1) is 0 Å². The molecule has 0 bridgehead atoms. The molecule has 2 aromatic carbocycles. The van der Waals surface area contributed by atoms with Crippen LogP contribution in [0.15, 0.2) is 47.4 Å². The first-order valence-corrected chi connectivity index (χ1v) is 8.12. The molecule has 0 N–H and O–H groups in total. The molecule has 2 heteroatoms. The van der Waals surface area contributed by atoms with Crippen molar-refractivity contribution in [2.45, 2.75) is 38.5 Å². The zero-order valence-corrected chi connectivity index (χ0v) is 14.7. The first kappa shape index (κ1) is 17.6. The van der Waals surface area contributed by atoms with Crippen molar-refractivity contribution >= 4 is 18.3 Å². The maximum absolute atomic E-state index is 4.56. The first-order valence-electron chi connectivity index (χ1n) is 7.67. The second kappa shape index (κ2) is 8.78. The SMILES string of the molecule is CC.CCc1ccc(Cc2cc(N(C)C)ccc2S)cc1. The molecular weight excluding hydrogens is 274 g/mol. The fourth-order valence-electron chi connectivity index (χ4n) is 2.10. The largest absolute Gasteiger partial charge is 0.378 e. The quantitative estimate of drug-likeness (QED) is 0.758. The number of hydrogen-bond donors (Lipinski definition) is 1. The Kier molecular flexibility index (Phi) is 7.38. The second-order valence-corrected chi connectivity index (χ2v) is 5.54. The van der Waals surface area contributed by atoms with E-state index in [4.69, 9.17) is 0 Å². The number of anilines is 1. The zero-order chi connectivity index (χ0) is 15.8. The molecule has 0 heterocycles. The van der Waals surface area contributed by atoms with E-state index >= 15 is 0 Å². The van der Waals surface area contributed by atoms with Gasteiger partial charge in [-0.2, -0.15) is 0 Å². The summed E-state index contributed by atoms with van der Waals surface area (Å²) < 4.78 is 0. The number of aryl methyl sites for hydroxylation is 1. The van der Waals surface area contributed by atoms with E-state index in [1.165, 1.54) is 22.4 Å². The summed E-state index contributed by atoms with van der Waals surface area (Å²) in [5.74, 6) is 0. The van der Waals surface area contributed by atoms with Crippen molar-refractivity contribution in [3.63, 3.8) is 0 Å². The Morgan fingerprint density at radius 1 is 0.905 bits per heavy atom. The van der Waals surface area contributed by atoms with E-state index in [0.29, 0.717) is 0 Å². The molecule has 0 atom stereocenters. The molecule has 21 heavy (non-hydrogen) atoms. The third kappa shape index (κ3) is 5.13. The number of rotatable bonds is 4. The summed E-state index contributed by atoms with van der Waals surface area (Å²) in [6.07, 6.45) is 2.03. The van der Waals surface area contributed by atoms with Crippen LogP contribution in [-0.4, -0.2) is 14.1 Å². The first-order chi connectivity index (χ1) is 10.1. The van der Waals surface area contributed by atoms with E-state index in [-0.39, 0.29) is 0 Å². The van der Waals surface area contributed by atoms with Crippen molar-refractivity contribution in [2.24, 2.45) is 0 Å². The normalized spacial score (nSPS) is 9.81. The van der Waals surface area contributed by atoms with Crippen LogP contribution in [0.4, 0.5) is 5.69 Å². The highest BCUT2D eigenvalue weighted by atomic mass is 32.1. The molecule has 0 radical (unpaired) electrons. The van der Waals surface area contributed by atoms with Gasteiger partial charge in [0, 0.05) is 24.7 Å². The summed E-state index contributed by atoms with van der Waals surface area (Å²) in [6.45, 7) is 6.18. The molecule has 0 saturated carbocycles. The van der Waals surface area contributed by atoms with Crippen LogP contribution in [0.2, 0.25) is 0 Å². The van der Waals surface area contributed by atoms with Gasteiger partial charge in [0.1, 0.15) is 0 Å². The molecule has 0 unspecified atom stereocenters. The monoisotopic (exact) mass is 301 g/mol. The van der Waals surface area contributed by atoms with Crippen LogP contribution in [0.3, 0.4) is 0 Å². The van der Waals surface area contributed by atoms with E-state index < -0.39 is 0 Å². The van der Waals surface area contributed by atoms with E-state index in [0.717, 1.165) is 17.7 Å². The maximum Gasteiger partial charge on any atom is 0.0364 e. The standard InChI is InChI=1S/C17H21NS.C2H6/c1-4-13-5-7-14(8-6-13)11-15-12-16(18(2)3)9-10-17(15)19;1-2/h5-10,12,19H,4,11H2,1-3H3;1-2H3. The van der Waals surface area contributed by atoms with Gasteiger partial charge in [-0.25, -0.2) is 0 Å². The lowest BCUT2D eigenvalue weighted by molar-refractivity contribution is 1.08. The molecule has 0 saturated heterocycles. The van der Waals surface area contributed by atoms with Crippen LogP contribution in [0.1, 0.15) is 37.5 Å². The van der Waals surface area contributed by atoms with Crippen molar-refractivity contribution in [2.75, 3.05) is 19.0 Å². The lowest BCUT2D eigenvalue weighted by Gasteiger charge is -2.15. The van der Waals surface area contributed by atoms with Crippen LogP contribution in [-0.2, 0) is 12.8 Å². The molecule has 0 fully saturated rings. The number of benzene rings is 2. The highest BCUT2D eigenvalue weighted by molar-refractivity contribution is 7.80. The minimum absolute atomic E-state index is 0.935. The molecule has 2 aromatic rings. The summed E-state index contributed by atoms with van der Waals surface area (Å²) in [6, 6.07) is 15.3. The molecule has 114 valence electrons. The predicted octanol–water partition coefficient (Wildman–Crippen LogP) is 5.22. The highest BCUT2D eigenvalue weighted by Gasteiger charge is 2.04. The average Bonchev–Trinajstić information content (AvgIpc) is 2.52. The molecule has 0 aliphatic carbocycles. The Bertz CT molecular complexity index is 544. The number of thiol groups is 1. The Hall–Kier alpha value is -1.41. The summed E-state index contributed by atoms with van der Waals surface area (Å²) in [5, 5.41) is 0. The van der Waals surface area contributed by atoms with E-state index in [2.05, 4.69) is 81.0 Å². The van der Waals surface area contributed by atoms with Crippen molar-refractivity contribution in [1.29, 1.82) is 0 Å². The summed E-state index contributed by atoms with van der Waals surface area (Å²) in [7, 11) is 4.13. The molecule has 0 amide bonds. The van der Waals surface area contributed by atoms with E-state index in [1.807, 2.05) is 13.8 Å². The van der Waals surface area contributed by atoms with Crippen molar-refractivity contribution in [1.82, 2.24) is 0 Å². The molecule has 0 spiro atoms. The van der Waals surface area contributed by atoms with Crippen molar-refractivity contribution in [3.05, 3.63) is 59.2 Å². The second-order valence-electron chi connectivity index (χ2n) is 5.05. The average molecular weight is 301 g/mol. The third-order valence-electron chi connectivity index (χ3n) is 3.41. The maximum atomic E-state index is 4.56. The van der Waals surface area contributed by atoms with Crippen molar-refractivity contribution in [3.8, 4) is 0 Å². The Labute approximate surface area is 135 Å².